The number of thioether (sulfide) groups is 1. The minimum atomic E-state index is -0.263. The molecular weight excluding hydrogens is 248 g/mol. The van der Waals surface area contributed by atoms with Gasteiger partial charge in [-0.05, 0) is 25.0 Å². The number of nitrogens with zero attached hydrogens (tertiary/aromatic N) is 2. The summed E-state index contributed by atoms with van der Waals surface area (Å²) in [5, 5.41) is 9.61. The third kappa shape index (κ3) is 4.38. The number of carbonyl (C=O) groups excluding carboxylic acids is 1. The fourth-order valence-corrected chi connectivity index (χ4v) is 2.10. The summed E-state index contributed by atoms with van der Waals surface area (Å²) in [6, 6.07) is 3.88. The van der Waals surface area contributed by atoms with E-state index in [4.69, 9.17) is 10.00 Å². The van der Waals surface area contributed by atoms with E-state index in [0.29, 0.717) is 17.2 Å². The van der Waals surface area contributed by atoms with Crippen LogP contribution in [-0.2, 0) is 9.53 Å². The van der Waals surface area contributed by atoms with E-state index in [9.17, 15) is 4.79 Å². The number of esters is 1. The number of hydrogen-bond acceptors (Lipinski definition) is 5. The molecule has 0 unspecified atom stereocenters. The fourth-order valence-electron chi connectivity index (χ4n) is 1.28. The standard InChI is InChI=1S/C13H16N2O2S/c1-3-4-7-17-12(16)9-18-13-11(8-14)10(2)5-6-15-13/h5-6H,3-4,7,9H2,1-2H3. The molecule has 0 N–H and O–H groups in total. The number of pyridine rings is 1. The van der Waals surface area contributed by atoms with Gasteiger partial charge in [0.2, 0.25) is 0 Å². The number of carbonyl (C=O) groups is 1. The zero-order chi connectivity index (χ0) is 13.4. The second-order valence-corrected chi connectivity index (χ2v) is 4.75. The van der Waals surface area contributed by atoms with Gasteiger partial charge in [-0.15, -0.1) is 0 Å². The van der Waals surface area contributed by atoms with Crippen LogP contribution >= 0.6 is 11.8 Å². The molecule has 0 atom stereocenters. The van der Waals surface area contributed by atoms with Crippen LogP contribution in [0.15, 0.2) is 17.3 Å². The normalized spacial score (nSPS) is 9.83. The van der Waals surface area contributed by atoms with Crippen molar-refractivity contribution in [2.24, 2.45) is 0 Å². The molecule has 0 aliphatic heterocycles. The molecule has 1 aromatic heterocycles. The van der Waals surface area contributed by atoms with E-state index < -0.39 is 0 Å². The topological polar surface area (TPSA) is 63.0 Å². The molecule has 0 spiro atoms. The molecule has 0 saturated heterocycles. The summed E-state index contributed by atoms with van der Waals surface area (Å²) in [5.74, 6) is -0.0740. The first-order valence-corrected chi connectivity index (χ1v) is 6.81. The second kappa shape index (κ2) is 7.72. The molecule has 18 heavy (non-hydrogen) atoms. The van der Waals surface area contributed by atoms with Crippen molar-refractivity contribution in [1.29, 1.82) is 5.26 Å². The average molecular weight is 264 g/mol. The van der Waals surface area contributed by atoms with E-state index in [1.54, 1.807) is 12.3 Å². The molecule has 5 heteroatoms. The van der Waals surface area contributed by atoms with E-state index in [0.717, 1.165) is 18.4 Å². The van der Waals surface area contributed by atoms with Crippen molar-refractivity contribution in [1.82, 2.24) is 4.98 Å². The second-order valence-electron chi connectivity index (χ2n) is 3.78. The zero-order valence-corrected chi connectivity index (χ0v) is 11.4. The Bertz CT molecular complexity index is 455. The minimum Gasteiger partial charge on any atom is -0.465 e. The number of ether oxygens (including phenoxy) is 1. The molecule has 4 nitrogen and oxygen atoms in total. The lowest BCUT2D eigenvalue weighted by atomic mass is 10.2. The van der Waals surface area contributed by atoms with Crippen molar-refractivity contribution in [2.75, 3.05) is 12.4 Å². The van der Waals surface area contributed by atoms with Crippen LogP contribution in [0, 0.1) is 18.3 Å². The van der Waals surface area contributed by atoms with Crippen molar-refractivity contribution in [3.63, 3.8) is 0 Å². The molecule has 0 saturated carbocycles. The minimum absolute atomic E-state index is 0.189. The first-order chi connectivity index (χ1) is 8.69. The summed E-state index contributed by atoms with van der Waals surface area (Å²) in [6.07, 6.45) is 3.52. The molecule has 0 aromatic carbocycles. The van der Waals surface area contributed by atoms with E-state index >= 15 is 0 Å². The highest BCUT2D eigenvalue weighted by atomic mass is 32.2. The molecule has 1 rings (SSSR count). The smallest absolute Gasteiger partial charge is 0.316 e. The highest BCUT2D eigenvalue weighted by Crippen LogP contribution is 2.21. The van der Waals surface area contributed by atoms with Gasteiger partial charge >= 0.3 is 5.97 Å². The van der Waals surface area contributed by atoms with Crippen LogP contribution in [0.1, 0.15) is 30.9 Å². The maximum absolute atomic E-state index is 11.4. The van der Waals surface area contributed by atoms with E-state index in [2.05, 4.69) is 11.1 Å². The number of nitriles is 1. The average Bonchev–Trinajstić information content (AvgIpc) is 2.36. The summed E-state index contributed by atoms with van der Waals surface area (Å²) in [4.78, 5) is 15.5. The predicted molar refractivity (Wildman–Crippen MR) is 70.3 cm³/mol. The molecule has 0 aliphatic carbocycles. The summed E-state index contributed by atoms with van der Waals surface area (Å²) >= 11 is 1.24. The van der Waals surface area contributed by atoms with Gasteiger partial charge in [-0.25, -0.2) is 4.98 Å². The lowest BCUT2D eigenvalue weighted by molar-refractivity contribution is -0.140. The summed E-state index contributed by atoms with van der Waals surface area (Å²) in [7, 11) is 0. The van der Waals surface area contributed by atoms with Gasteiger partial charge in [0.05, 0.1) is 17.9 Å². The zero-order valence-electron chi connectivity index (χ0n) is 10.6. The monoisotopic (exact) mass is 264 g/mol. The molecule has 1 aromatic rings. The van der Waals surface area contributed by atoms with Gasteiger partial charge in [-0.2, -0.15) is 5.26 Å². The number of unbranched alkanes of at least 4 members (excludes halogenated alkanes) is 1. The third-order valence-electron chi connectivity index (χ3n) is 2.32. The van der Waals surface area contributed by atoms with Crippen LogP contribution in [-0.4, -0.2) is 23.3 Å². The first-order valence-electron chi connectivity index (χ1n) is 5.83. The largest absolute Gasteiger partial charge is 0.465 e. The predicted octanol–water partition coefficient (Wildman–Crippen LogP) is 2.70. The quantitative estimate of drug-likeness (QED) is 0.449. The Kier molecular flexibility index (Phi) is 6.23. The Balaban J connectivity index is 2.51. The first kappa shape index (κ1) is 14.5. The van der Waals surface area contributed by atoms with E-state index in [-0.39, 0.29) is 11.7 Å². The molecule has 0 radical (unpaired) electrons. The Morgan fingerprint density at radius 3 is 3.06 bits per heavy atom. The van der Waals surface area contributed by atoms with Gasteiger partial charge < -0.3 is 4.74 Å². The number of aryl methyl sites for hydroxylation is 1. The third-order valence-corrected chi connectivity index (χ3v) is 3.29. The SMILES string of the molecule is CCCCOC(=O)CSc1nccc(C)c1C#N. The van der Waals surface area contributed by atoms with Crippen molar-refractivity contribution < 1.29 is 9.53 Å². The van der Waals surface area contributed by atoms with Crippen LogP contribution in [0.4, 0.5) is 0 Å². The maximum atomic E-state index is 11.4. The van der Waals surface area contributed by atoms with Crippen molar-refractivity contribution in [3.8, 4) is 6.07 Å². The summed E-state index contributed by atoms with van der Waals surface area (Å²) in [5.41, 5.74) is 1.40. The molecule has 0 amide bonds. The van der Waals surface area contributed by atoms with Gasteiger partial charge in [0.1, 0.15) is 11.1 Å². The van der Waals surface area contributed by atoms with Gasteiger partial charge in [-0.1, -0.05) is 25.1 Å². The van der Waals surface area contributed by atoms with Crippen LogP contribution in [0.2, 0.25) is 0 Å². The fraction of sp³-hybridized carbons (Fsp3) is 0.462. The van der Waals surface area contributed by atoms with Crippen LogP contribution in [0.5, 0.6) is 0 Å². The Hall–Kier alpha value is -1.54. The Labute approximate surface area is 111 Å². The van der Waals surface area contributed by atoms with Crippen LogP contribution < -0.4 is 0 Å². The van der Waals surface area contributed by atoms with Gasteiger partial charge in [0.25, 0.3) is 0 Å². The van der Waals surface area contributed by atoms with Crippen molar-refractivity contribution in [3.05, 3.63) is 23.4 Å². The van der Waals surface area contributed by atoms with Gasteiger partial charge in [-0.3, -0.25) is 4.79 Å². The maximum Gasteiger partial charge on any atom is 0.316 e. The number of aromatic nitrogens is 1. The van der Waals surface area contributed by atoms with E-state index in [1.807, 2.05) is 13.8 Å². The van der Waals surface area contributed by atoms with E-state index in [1.165, 1.54) is 11.8 Å². The number of rotatable bonds is 6. The molecular formula is C13H16N2O2S. The molecule has 0 bridgehead atoms. The van der Waals surface area contributed by atoms with Gasteiger partial charge in [0.15, 0.2) is 0 Å². The Morgan fingerprint density at radius 1 is 1.61 bits per heavy atom. The van der Waals surface area contributed by atoms with Crippen molar-refractivity contribution in [2.45, 2.75) is 31.7 Å². The highest BCUT2D eigenvalue weighted by Gasteiger charge is 2.10. The van der Waals surface area contributed by atoms with Crippen LogP contribution in [0.3, 0.4) is 0 Å². The van der Waals surface area contributed by atoms with Crippen molar-refractivity contribution >= 4 is 17.7 Å². The van der Waals surface area contributed by atoms with Gasteiger partial charge in [0, 0.05) is 6.20 Å². The molecule has 96 valence electrons. The molecule has 0 fully saturated rings. The number of hydrogen-bond donors (Lipinski definition) is 0. The summed E-state index contributed by atoms with van der Waals surface area (Å²) in [6.45, 7) is 4.35. The lowest BCUT2D eigenvalue weighted by Gasteiger charge is -2.05. The molecule has 0 aliphatic rings. The Morgan fingerprint density at radius 2 is 2.39 bits per heavy atom. The highest BCUT2D eigenvalue weighted by molar-refractivity contribution is 7.99. The summed E-state index contributed by atoms with van der Waals surface area (Å²) < 4.78 is 5.04. The van der Waals surface area contributed by atoms with Crippen LogP contribution in [0.25, 0.3) is 0 Å². The lowest BCUT2D eigenvalue weighted by Crippen LogP contribution is -2.08. The molecule has 1 heterocycles.